The van der Waals surface area contributed by atoms with Gasteiger partial charge in [-0.25, -0.2) is 9.78 Å². The van der Waals surface area contributed by atoms with Gasteiger partial charge in [0.2, 0.25) is 11.9 Å². The minimum Gasteiger partial charge on any atom is -0.480 e. The zero-order valence-corrected chi connectivity index (χ0v) is 17.0. The number of amides is 4. The molecule has 2 atom stereocenters. The highest BCUT2D eigenvalue weighted by Gasteiger charge is 2.38. The van der Waals surface area contributed by atoms with Crippen LogP contribution in [0.4, 0.5) is 10.7 Å². The van der Waals surface area contributed by atoms with Crippen LogP contribution in [0.15, 0.2) is 24.3 Å². The van der Waals surface area contributed by atoms with Gasteiger partial charge in [0, 0.05) is 20.1 Å². The molecule has 2 heterocycles. The average molecular weight is 431 g/mol. The van der Waals surface area contributed by atoms with Gasteiger partial charge < -0.3 is 31.4 Å². The summed E-state index contributed by atoms with van der Waals surface area (Å²) in [7, 11) is 1.91. The number of carbonyl (C=O) groups excluding carboxylic acids is 3. The number of anilines is 1. The van der Waals surface area contributed by atoms with Crippen LogP contribution >= 0.6 is 0 Å². The van der Waals surface area contributed by atoms with Gasteiger partial charge in [-0.3, -0.25) is 19.3 Å². The van der Waals surface area contributed by atoms with E-state index in [2.05, 4.69) is 20.9 Å². The van der Waals surface area contributed by atoms with Crippen molar-refractivity contribution in [3.05, 3.63) is 24.3 Å². The summed E-state index contributed by atoms with van der Waals surface area (Å²) in [5.41, 5.74) is 7.18. The van der Waals surface area contributed by atoms with Crippen LogP contribution in [-0.2, 0) is 21.4 Å². The Morgan fingerprint density at radius 3 is 2.77 bits per heavy atom. The van der Waals surface area contributed by atoms with Crippen LogP contribution in [-0.4, -0.2) is 75.1 Å². The van der Waals surface area contributed by atoms with Crippen LogP contribution in [0.25, 0.3) is 11.0 Å². The highest BCUT2D eigenvalue weighted by Crippen LogP contribution is 2.18. The summed E-state index contributed by atoms with van der Waals surface area (Å²) in [4.78, 5) is 52.4. The average Bonchev–Trinajstić information content (AvgIpc) is 3.20. The molecular weight excluding hydrogens is 406 g/mol. The van der Waals surface area contributed by atoms with Gasteiger partial charge in [-0.15, -0.1) is 0 Å². The molecule has 1 aromatic carbocycles. The molecular formula is C19H25N7O5. The van der Waals surface area contributed by atoms with Crippen molar-refractivity contribution < 1.29 is 24.3 Å². The first-order valence-electron chi connectivity index (χ1n) is 9.80. The lowest BCUT2D eigenvalue weighted by Gasteiger charge is -2.14. The number of carboxylic acid groups (broad SMARTS) is 1. The summed E-state index contributed by atoms with van der Waals surface area (Å²) < 4.78 is 1.94. The first-order valence-corrected chi connectivity index (χ1v) is 9.80. The van der Waals surface area contributed by atoms with E-state index in [1.54, 1.807) is 0 Å². The number of carbonyl (C=O) groups is 4. The number of imidazole rings is 1. The van der Waals surface area contributed by atoms with Crippen LogP contribution in [0.5, 0.6) is 0 Å². The SMILES string of the molecule is Cn1c(NCCC[C@@H]2NC(=O)N(CC(=O)NC[C@H](N)C(=O)O)C2=O)nc2ccccc21. The summed E-state index contributed by atoms with van der Waals surface area (Å²) >= 11 is 0. The van der Waals surface area contributed by atoms with Gasteiger partial charge in [-0.2, -0.15) is 0 Å². The second-order valence-electron chi connectivity index (χ2n) is 7.23. The molecule has 6 N–H and O–H groups in total. The van der Waals surface area contributed by atoms with Gasteiger partial charge in [0.25, 0.3) is 5.91 Å². The monoisotopic (exact) mass is 431 g/mol. The van der Waals surface area contributed by atoms with Gasteiger partial charge in [0.15, 0.2) is 0 Å². The Kier molecular flexibility index (Phi) is 6.70. The lowest BCUT2D eigenvalue weighted by atomic mass is 10.1. The molecule has 3 rings (SSSR count). The molecule has 1 saturated heterocycles. The number of imide groups is 1. The van der Waals surface area contributed by atoms with Crippen molar-refractivity contribution in [2.75, 3.05) is 25.0 Å². The minimum absolute atomic E-state index is 0.297. The number of urea groups is 1. The standard InChI is InChI=1S/C19H25N7O5/c1-25-14-7-3-2-5-12(14)23-18(25)21-8-4-6-13-16(28)26(19(31)24-13)10-15(27)22-9-11(20)17(29)30/h2-3,5,7,11,13H,4,6,8-10,20H2,1H3,(H,21,23)(H,22,27)(H,24,31)(H,29,30)/t11-,13-/m0/s1. The molecule has 0 aliphatic carbocycles. The van der Waals surface area contributed by atoms with E-state index >= 15 is 0 Å². The van der Waals surface area contributed by atoms with E-state index in [-0.39, 0.29) is 6.54 Å². The summed E-state index contributed by atoms with van der Waals surface area (Å²) in [6.07, 6.45) is 0.983. The molecule has 4 amide bonds. The lowest BCUT2D eigenvalue weighted by molar-refractivity contribution is -0.138. The van der Waals surface area contributed by atoms with Crippen molar-refractivity contribution in [1.82, 2.24) is 25.1 Å². The van der Waals surface area contributed by atoms with E-state index in [1.165, 1.54) is 0 Å². The first-order chi connectivity index (χ1) is 14.8. The number of hydrogen-bond acceptors (Lipinski definition) is 7. The van der Waals surface area contributed by atoms with Gasteiger partial charge in [0.1, 0.15) is 18.6 Å². The second kappa shape index (κ2) is 9.43. The number of aryl methyl sites for hydroxylation is 1. The molecule has 12 heteroatoms. The van der Waals surface area contributed by atoms with Gasteiger partial charge in [0.05, 0.1) is 11.0 Å². The van der Waals surface area contributed by atoms with Crippen molar-refractivity contribution in [2.45, 2.75) is 24.9 Å². The molecule has 1 aromatic heterocycles. The molecule has 31 heavy (non-hydrogen) atoms. The third-order valence-corrected chi connectivity index (χ3v) is 4.98. The fourth-order valence-corrected chi connectivity index (χ4v) is 3.24. The number of nitrogens with one attached hydrogen (secondary N) is 3. The molecule has 0 saturated carbocycles. The highest BCUT2D eigenvalue weighted by molar-refractivity contribution is 6.06. The van der Waals surface area contributed by atoms with Crippen molar-refractivity contribution in [2.24, 2.45) is 12.8 Å². The van der Waals surface area contributed by atoms with E-state index in [9.17, 15) is 19.2 Å². The van der Waals surface area contributed by atoms with Crippen LogP contribution < -0.4 is 21.7 Å². The number of benzene rings is 1. The topological polar surface area (TPSA) is 172 Å². The maximum absolute atomic E-state index is 12.4. The number of rotatable bonds is 10. The largest absolute Gasteiger partial charge is 0.480 e. The molecule has 12 nitrogen and oxygen atoms in total. The third kappa shape index (κ3) is 5.09. The summed E-state index contributed by atoms with van der Waals surface area (Å²) in [6, 6.07) is 5.12. The number of hydrogen-bond donors (Lipinski definition) is 5. The van der Waals surface area contributed by atoms with Gasteiger partial charge in [-0.05, 0) is 25.0 Å². The Morgan fingerprint density at radius 2 is 2.06 bits per heavy atom. The number of aliphatic carboxylic acids is 1. The smallest absolute Gasteiger partial charge is 0.325 e. The number of fused-ring (bicyclic) bond motifs is 1. The van der Waals surface area contributed by atoms with Crippen molar-refractivity contribution in [3.8, 4) is 0 Å². The fraction of sp³-hybridized carbons (Fsp3) is 0.421. The number of nitrogens with two attached hydrogens (primary N) is 1. The lowest BCUT2D eigenvalue weighted by Crippen LogP contribution is -2.46. The van der Waals surface area contributed by atoms with E-state index in [4.69, 9.17) is 10.8 Å². The Morgan fingerprint density at radius 1 is 1.32 bits per heavy atom. The predicted molar refractivity (Wildman–Crippen MR) is 111 cm³/mol. The first kappa shape index (κ1) is 22.0. The molecule has 0 bridgehead atoms. The third-order valence-electron chi connectivity index (χ3n) is 4.98. The maximum Gasteiger partial charge on any atom is 0.325 e. The minimum atomic E-state index is -1.26. The number of nitrogens with zero attached hydrogens (tertiary/aromatic N) is 3. The Hall–Kier alpha value is -3.67. The zero-order chi connectivity index (χ0) is 22.5. The van der Waals surface area contributed by atoms with E-state index < -0.39 is 42.4 Å². The second-order valence-corrected chi connectivity index (χ2v) is 7.23. The molecule has 2 aromatic rings. The molecule has 1 fully saturated rings. The summed E-state index contributed by atoms with van der Waals surface area (Å²) in [6.45, 7) is -0.245. The normalized spacial score (nSPS) is 17.0. The van der Waals surface area contributed by atoms with E-state index in [0.29, 0.717) is 25.3 Å². The van der Waals surface area contributed by atoms with Crippen LogP contribution in [0, 0.1) is 0 Å². The van der Waals surface area contributed by atoms with Gasteiger partial charge in [-0.1, -0.05) is 12.1 Å². The zero-order valence-electron chi connectivity index (χ0n) is 17.0. The number of carboxylic acids is 1. The maximum atomic E-state index is 12.4. The van der Waals surface area contributed by atoms with Crippen molar-refractivity contribution in [1.29, 1.82) is 0 Å². The molecule has 0 unspecified atom stereocenters. The highest BCUT2D eigenvalue weighted by atomic mass is 16.4. The Bertz CT molecular complexity index is 1000. The predicted octanol–water partition coefficient (Wildman–Crippen LogP) is -0.786. The molecule has 1 aliphatic heterocycles. The summed E-state index contributed by atoms with van der Waals surface area (Å²) in [5, 5.41) is 16.8. The Balaban J connectivity index is 1.44. The molecule has 166 valence electrons. The molecule has 1 aliphatic rings. The molecule has 0 spiro atoms. The fourth-order valence-electron chi connectivity index (χ4n) is 3.24. The van der Waals surface area contributed by atoms with Crippen molar-refractivity contribution in [3.63, 3.8) is 0 Å². The van der Waals surface area contributed by atoms with Gasteiger partial charge >= 0.3 is 12.0 Å². The van der Waals surface area contributed by atoms with E-state index in [1.807, 2.05) is 35.9 Å². The van der Waals surface area contributed by atoms with Crippen LogP contribution in [0.3, 0.4) is 0 Å². The summed E-state index contributed by atoms with van der Waals surface area (Å²) in [5.74, 6) is -1.71. The van der Waals surface area contributed by atoms with Crippen molar-refractivity contribution >= 4 is 40.8 Å². The van der Waals surface area contributed by atoms with Crippen LogP contribution in [0.1, 0.15) is 12.8 Å². The number of para-hydroxylation sites is 2. The van der Waals surface area contributed by atoms with Crippen LogP contribution in [0.2, 0.25) is 0 Å². The quantitative estimate of drug-likeness (QED) is 0.241. The van der Waals surface area contributed by atoms with E-state index in [0.717, 1.165) is 15.9 Å². The molecule has 0 radical (unpaired) electrons. The Labute approximate surface area is 177 Å². The number of aromatic nitrogens is 2.